The van der Waals surface area contributed by atoms with Crippen LogP contribution in [0.5, 0.6) is 0 Å². The molecule has 0 unspecified atom stereocenters. The van der Waals surface area contributed by atoms with Crippen LogP contribution in [0.15, 0.2) is 0 Å². The maximum atomic E-state index is 5.28. The third-order valence-electron chi connectivity index (χ3n) is 1.24. The topological polar surface area (TPSA) is 9.23 Å². The summed E-state index contributed by atoms with van der Waals surface area (Å²) in [5.74, 6) is 0. The fraction of sp³-hybridized carbons (Fsp3) is 0.857. The van der Waals surface area contributed by atoms with E-state index in [9.17, 15) is 0 Å². The normalized spacial score (nSPS) is 9.78. The molecule has 0 aromatic rings. The van der Waals surface area contributed by atoms with E-state index >= 15 is 0 Å². The number of hydrogen-bond donors (Lipinski definition) is 0. The average Bonchev–Trinajstić information content (AvgIpc) is 1.82. The van der Waals surface area contributed by atoms with Gasteiger partial charge in [0.25, 0.3) is 0 Å². The summed E-state index contributed by atoms with van der Waals surface area (Å²) in [4.78, 5) is 0. The molecule has 1 nitrogen and oxygen atoms in total. The first-order valence-corrected chi connectivity index (χ1v) is 3.78. The van der Waals surface area contributed by atoms with Gasteiger partial charge in [-0.15, -0.1) is 0 Å². The molecule has 2 heteroatoms. The molecule has 0 spiro atoms. The molecule has 0 aliphatic rings. The minimum atomic E-state index is 0.336. The molecular weight excluding hydrogens is 132 g/mol. The fourth-order valence-electron chi connectivity index (χ4n) is 0.690. The van der Waals surface area contributed by atoms with Crippen LogP contribution in [0.3, 0.4) is 0 Å². The predicted molar refractivity (Wildman–Crippen MR) is 43.7 cm³/mol. The van der Waals surface area contributed by atoms with Gasteiger partial charge >= 0.3 is 0 Å². The summed E-state index contributed by atoms with van der Waals surface area (Å²) in [5, 5.41) is 0.656. The molecule has 0 aliphatic carbocycles. The van der Waals surface area contributed by atoms with Crippen LogP contribution in [0.1, 0.15) is 33.6 Å². The summed E-state index contributed by atoms with van der Waals surface area (Å²) in [7, 11) is 0. The second-order valence-electron chi connectivity index (χ2n) is 2.05. The number of thiocarbonyl (C=S) groups is 1. The molecule has 0 saturated heterocycles. The van der Waals surface area contributed by atoms with E-state index in [0.717, 1.165) is 12.8 Å². The highest BCUT2D eigenvalue weighted by Gasteiger charge is 2.02. The first-order valence-electron chi connectivity index (χ1n) is 3.37. The molecule has 0 aromatic carbocycles. The van der Waals surface area contributed by atoms with Gasteiger partial charge in [0.05, 0.1) is 6.10 Å². The van der Waals surface area contributed by atoms with Gasteiger partial charge in [-0.2, -0.15) is 0 Å². The van der Waals surface area contributed by atoms with E-state index < -0.39 is 0 Å². The molecule has 0 N–H and O–H groups in total. The van der Waals surface area contributed by atoms with Crippen molar-refractivity contribution in [2.24, 2.45) is 0 Å². The number of ether oxygens (including phenoxy) is 1. The number of hydrogen-bond acceptors (Lipinski definition) is 2. The third-order valence-corrected chi connectivity index (χ3v) is 1.34. The van der Waals surface area contributed by atoms with Crippen molar-refractivity contribution in [2.45, 2.75) is 39.7 Å². The summed E-state index contributed by atoms with van der Waals surface area (Å²) in [5.41, 5.74) is 0. The van der Waals surface area contributed by atoms with Gasteiger partial charge in [0.15, 0.2) is 5.05 Å². The molecule has 0 fully saturated rings. The summed E-state index contributed by atoms with van der Waals surface area (Å²) < 4.78 is 5.28. The van der Waals surface area contributed by atoms with E-state index in [4.69, 9.17) is 17.0 Å². The van der Waals surface area contributed by atoms with Crippen molar-refractivity contribution in [1.29, 1.82) is 0 Å². The third kappa shape index (κ3) is 4.40. The van der Waals surface area contributed by atoms with Crippen molar-refractivity contribution in [3.05, 3.63) is 0 Å². The first-order chi connectivity index (χ1) is 4.20. The van der Waals surface area contributed by atoms with E-state index in [1.807, 2.05) is 6.92 Å². The highest BCUT2D eigenvalue weighted by Crippen LogP contribution is 2.02. The molecule has 0 saturated carbocycles. The van der Waals surface area contributed by atoms with Crippen molar-refractivity contribution in [3.63, 3.8) is 0 Å². The summed E-state index contributed by atoms with van der Waals surface area (Å²) in [6.45, 7) is 6.02. The highest BCUT2D eigenvalue weighted by atomic mass is 32.1. The minimum absolute atomic E-state index is 0.336. The van der Waals surface area contributed by atoms with E-state index in [0.29, 0.717) is 11.2 Å². The van der Waals surface area contributed by atoms with E-state index in [-0.39, 0.29) is 0 Å². The SMILES string of the molecule is CCC(CC)OC(C)=S. The van der Waals surface area contributed by atoms with Crippen LogP contribution in [0.4, 0.5) is 0 Å². The molecule has 0 aromatic heterocycles. The quantitative estimate of drug-likeness (QED) is 0.566. The summed E-state index contributed by atoms with van der Waals surface area (Å²) in [6, 6.07) is 0. The van der Waals surface area contributed by atoms with E-state index in [2.05, 4.69) is 13.8 Å². The summed E-state index contributed by atoms with van der Waals surface area (Å²) in [6.07, 6.45) is 2.43. The molecule has 0 bridgehead atoms. The largest absolute Gasteiger partial charge is 0.484 e. The van der Waals surface area contributed by atoms with Gasteiger partial charge in [0, 0.05) is 6.92 Å². The Balaban J connectivity index is 3.43. The van der Waals surface area contributed by atoms with Crippen LogP contribution in [-0.4, -0.2) is 11.2 Å². The van der Waals surface area contributed by atoms with Gasteiger partial charge in [-0.25, -0.2) is 0 Å². The summed E-state index contributed by atoms with van der Waals surface area (Å²) >= 11 is 4.78. The van der Waals surface area contributed by atoms with Crippen molar-refractivity contribution < 1.29 is 4.74 Å². The van der Waals surface area contributed by atoms with Crippen LogP contribution in [-0.2, 0) is 4.74 Å². The Kier molecular flexibility index (Phi) is 4.68. The van der Waals surface area contributed by atoms with Gasteiger partial charge in [0.1, 0.15) is 0 Å². The first kappa shape index (κ1) is 8.89. The lowest BCUT2D eigenvalue weighted by atomic mass is 10.2. The van der Waals surface area contributed by atoms with E-state index in [1.165, 1.54) is 0 Å². The zero-order chi connectivity index (χ0) is 7.28. The Hall–Kier alpha value is -0.110. The zero-order valence-electron chi connectivity index (χ0n) is 6.31. The molecule has 54 valence electrons. The van der Waals surface area contributed by atoms with Crippen molar-refractivity contribution in [1.82, 2.24) is 0 Å². The second-order valence-corrected chi connectivity index (χ2v) is 2.62. The zero-order valence-corrected chi connectivity index (χ0v) is 7.12. The smallest absolute Gasteiger partial charge is 0.157 e. The molecule has 0 amide bonds. The van der Waals surface area contributed by atoms with Gasteiger partial charge in [-0.05, 0) is 25.1 Å². The Bertz CT molecular complexity index is 86.9. The van der Waals surface area contributed by atoms with Crippen molar-refractivity contribution in [2.75, 3.05) is 0 Å². The van der Waals surface area contributed by atoms with E-state index in [1.54, 1.807) is 0 Å². The lowest BCUT2D eigenvalue weighted by Crippen LogP contribution is -2.12. The Labute approximate surface area is 62.4 Å². The van der Waals surface area contributed by atoms with Crippen LogP contribution in [0.25, 0.3) is 0 Å². The van der Waals surface area contributed by atoms with Crippen LogP contribution >= 0.6 is 12.2 Å². The minimum Gasteiger partial charge on any atom is -0.484 e. The van der Waals surface area contributed by atoms with Crippen LogP contribution in [0, 0.1) is 0 Å². The molecule has 9 heavy (non-hydrogen) atoms. The number of rotatable bonds is 3. The Morgan fingerprint density at radius 1 is 1.44 bits per heavy atom. The maximum Gasteiger partial charge on any atom is 0.157 e. The molecular formula is C7H14OS. The van der Waals surface area contributed by atoms with Crippen molar-refractivity contribution >= 4 is 17.3 Å². The molecule has 0 radical (unpaired) electrons. The van der Waals surface area contributed by atoms with Crippen LogP contribution < -0.4 is 0 Å². The fourth-order valence-corrected chi connectivity index (χ4v) is 0.826. The van der Waals surface area contributed by atoms with Gasteiger partial charge in [-0.1, -0.05) is 13.8 Å². The predicted octanol–water partition coefficient (Wildman–Crippen LogP) is 2.54. The molecule has 0 aliphatic heterocycles. The van der Waals surface area contributed by atoms with Gasteiger partial charge in [0.2, 0.25) is 0 Å². The Morgan fingerprint density at radius 2 is 1.89 bits per heavy atom. The average molecular weight is 146 g/mol. The van der Waals surface area contributed by atoms with Crippen LogP contribution in [0.2, 0.25) is 0 Å². The Morgan fingerprint density at radius 3 is 2.00 bits per heavy atom. The lowest BCUT2D eigenvalue weighted by Gasteiger charge is -2.13. The molecule has 0 rings (SSSR count). The monoisotopic (exact) mass is 146 g/mol. The van der Waals surface area contributed by atoms with Gasteiger partial charge in [-0.3, -0.25) is 0 Å². The lowest BCUT2D eigenvalue weighted by molar-refractivity contribution is 0.184. The highest BCUT2D eigenvalue weighted by molar-refractivity contribution is 7.80. The van der Waals surface area contributed by atoms with Gasteiger partial charge < -0.3 is 4.74 Å². The maximum absolute atomic E-state index is 5.28. The standard InChI is InChI=1S/C7H14OS/c1-4-7(5-2)8-6(3)9/h7H,4-5H2,1-3H3. The second kappa shape index (κ2) is 4.74. The molecule has 0 heterocycles. The molecule has 0 atom stereocenters. The van der Waals surface area contributed by atoms with Crippen molar-refractivity contribution in [3.8, 4) is 0 Å².